The largest absolute Gasteiger partial charge is 0.345 e. The van der Waals surface area contributed by atoms with Gasteiger partial charge in [-0.1, -0.05) is 38.5 Å². The molecule has 2 aliphatic carbocycles. The first-order valence-electron chi connectivity index (χ1n) is 11.1. The summed E-state index contributed by atoms with van der Waals surface area (Å²) in [6.07, 6.45) is 13.6. The Morgan fingerprint density at radius 3 is 2.48 bits per heavy atom. The molecule has 3 aliphatic rings. The summed E-state index contributed by atoms with van der Waals surface area (Å²) < 4.78 is 3.46. The molecule has 1 atom stereocenters. The van der Waals surface area contributed by atoms with Crippen LogP contribution < -0.4 is 5.69 Å². The van der Waals surface area contributed by atoms with E-state index in [1.807, 2.05) is 9.47 Å². The predicted molar refractivity (Wildman–Crippen MR) is 105 cm³/mol. The van der Waals surface area contributed by atoms with Crippen molar-refractivity contribution in [1.29, 1.82) is 0 Å². The third-order valence-electron chi connectivity index (χ3n) is 7.05. The molecule has 1 aromatic rings. The first kappa shape index (κ1) is 18.8. The molecule has 6 heteroatoms. The lowest BCUT2D eigenvalue weighted by Crippen LogP contribution is -2.40. The van der Waals surface area contributed by atoms with Crippen LogP contribution in [-0.2, 0) is 11.8 Å². The van der Waals surface area contributed by atoms with E-state index in [9.17, 15) is 9.59 Å². The summed E-state index contributed by atoms with van der Waals surface area (Å²) in [5.74, 6) is 2.18. The van der Waals surface area contributed by atoms with Crippen LogP contribution in [0.25, 0.3) is 0 Å². The van der Waals surface area contributed by atoms with Crippen molar-refractivity contribution in [2.45, 2.75) is 89.0 Å². The van der Waals surface area contributed by atoms with Gasteiger partial charge >= 0.3 is 5.69 Å². The van der Waals surface area contributed by atoms with Crippen molar-refractivity contribution in [2.75, 3.05) is 13.1 Å². The number of carbonyl (C=O) groups excluding carboxylic acids is 1. The second-order valence-electron chi connectivity index (χ2n) is 8.94. The van der Waals surface area contributed by atoms with E-state index in [0.29, 0.717) is 18.4 Å². The Kier molecular flexibility index (Phi) is 5.69. The molecule has 1 unspecified atom stereocenters. The van der Waals surface area contributed by atoms with Crippen LogP contribution in [0.1, 0.15) is 94.8 Å². The molecule has 6 nitrogen and oxygen atoms in total. The minimum absolute atomic E-state index is 0.0154. The van der Waals surface area contributed by atoms with Crippen molar-refractivity contribution in [2.24, 2.45) is 13.0 Å². The van der Waals surface area contributed by atoms with E-state index in [1.165, 1.54) is 43.2 Å². The quantitative estimate of drug-likeness (QED) is 0.794. The van der Waals surface area contributed by atoms with E-state index in [4.69, 9.17) is 0 Å². The van der Waals surface area contributed by atoms with Gasteiger partial charge in [0.15, 0.2) is 0 Å². The Morgan fingerprint density at radius 2 is 1.74 bits per heavy atom. The van der Waals surface area contributed by atoms with Gasteiger partial charge in [0.1, 0.15) is 5.82 Å². The third kappa shape index (κ3) is 3.99. The van der Waals surface area contributed by atoms with Gasteiger partial charge in [-0.3, -0.25) is 9.36 Å². The lowest BCUT2D eigenvalue weighted by atomic mass is 9.95. The third-order valence-corrected chi connectivity index (χ3v) is 7.05. The fraction of sp³-hybridized carbons (Fsp3) is 0.857. The lowest BCUT2D eigenvalue weighted by molar-refractivity contribution is -0.132. The predicted octanol–water partition coefficient (Wildman–Crippen LogP) is 3.37. The van der Waals surface area contributed by atoms with Gasteiger partial charge in [0.05, 0.1) is 0 Å². The minimum Gasteiger partial charge on any atom is -0.342 e. The highest BCUT2D eigenvalue weighted by Gasteiger charge is 2.32. The monoisotopic (exact) mass is 374 g/mol. The number of amides is 1. The molecular formula is C21H34N4O2. The highest BCUT2D eigenvalue weighted by atomic mass is 16.2. The van der Waals surface area contributed by atoms with Gasteiger partial charge in [-0.05, 0) is 38.0 Å². The maximum atomic E-state index is 12.8. The Balaban J connectivity index is 1.44. The molecule has 0 spiro atoms. The molecule has 4 rings (SSSR count). The Morgan fingerprint density at radius 1 is 1.04 bits per heavy atom. The van der Waals surface area contributed by atoms with Crippen LogP contribution in [0.4, 0.5) is 0 Å². The second-order valence-corrected chi connectivity index (χ2v) is 8.94. The van der Waals surface area contributed by atoms with Gasteiger partial charge in [0, 0.05) is 38.5 Å². The summed E-state index contributed by atoms with van der Waals surface area (Å²) >= 11 is 0. The SMILES string of the molecule is Cn1nc(C2CCCN(C(=O)CCC3CCCC3)C2)n(C2CCCC2)c1=O. The number of nitrogens with zero attached hydrogens (tertiary/aromatic N) is 4. The van der Waals surface area contributed by atoms with Gasteiger partial charge < -0.3 is 4.90 Å². The van der Waals surface area contributed by atoms with E-state index >= 15 is 0 Å². The topological polar surface area (TPSA) is 60.1 Å². The van der Waals surface area contributed by atoms with Gasteiger partial charge in [-0.25, -0.2) is 9.48 Å². The highest BCUT2D eigenvalue weighted by Crippen LogP contribution is 2.33. The highest BCUT2D eigenvalue weighted by molar-refractivity contribution is 5.76. The molecule has 27 heavy (non-hydrogen) atoms. The fourth-order valence-electron chi connectivity index (χ4n) is 5.48. The van der Waals surface area contributed by atoms with Crippen molar-refractivity contribution < 1.29 is 4.79 Å². The zero-order valence-corrected chi connectivity index (χ0v) is 16.7. The number of likely N-dealkylation sites (tertiary alicyclic amines) is 1. The molecule has 2 heterocycles. The zero-order valence-electron chi connectivity index (χ0n) is 16.7. The van der Waals surface area contributed by atoms with Gasteiger partial charge in [-0.15, -0.1) is 0 Å². The van der Waals surface area contributed by atoms with Gasteiger partial charge in [0.2, 0.25) is 5.91 Å². The summed E-state index contributed by atoms with van der Waals surface area (Å²) in [4.78, 5) is 27.5. The van der Waals surface area contributed by atoms with E-state index in [-0.39, 0.29) is 11.6 Å². The van der Waals surface area contributed by atoms with Crippen molar-refractivity contribution >= 4 is 5.91 Å². The molecule has 3 fully saturated rings. The number of aromatic nitrogens is 3. The Labute approximate surface area is 161 Å². The molecule has 1 aromatic heterocycles. The Hall–Kier alpha value is -1.59. The summed E-state index contributed by atoms with van der Waals surface area (Å²) in [7, 11) is 1.75. The molecule has 150 valence electrons. The standard InChI is InChI=1S/C21H34N4O2/c1-23-21(27)25(18-10-4-5-11-18)20(22-23)17-9-6-14-24(15-17)19(26)13-12-16-7-2-3-8-16/h16-18H,2-15H2,1H3. The van der Waals surface area contributed by atoms with E-state index in [2.05, 4.69) is 5.10 Å². The summed E-state index contributed by atoms with van der Waals surface area (Å²) in [6, 6.07) is 0.301. The number of carbonyl (C=O) groups is 1. The number of rotatable bonds is 5. The first-order valence-corrected chi connectivity index (χ1v) is 11.1. The Bertz CT molecular complexity index is 710. The summed E-state index contributed by atoms with van der Waals surface area (Å²) in [6.45, 7) is 1.59. The fourth-order valence-corrected chi connectivity index (χ4v) is 5.48. The van der Waals surface area contributed by atoms with Crippen LogP contribution >= 0.6 is 0 Å². The molecule has 1 saturated heterocycles. The summed E-state index contributed by atoms with van der Waals surface area (Å²) in [5.41, 5.74) is 0.0154. The van der Waals surface area contributed by atoms with Gasteiger partial charge in [-0.2, -0.15) is 5.10 Å². The molecule has 0 bridgehead atoms. The molecular weight excluding hydrogens is 340 g/mol. The van der Waals surface area contributed by atoms with Crippen molar-refractivity contribution in [3.63, 3.8) is 0 Å². The molecule has 0 aromatic carbocycles. The van der Waals surface area contributed by atoms with Gasteiger partial charge in [0.25, 0.3) is 0 Å². The van der Waals surface area contributed by atoms with E-state index in [0.717, 1.165) is 56.9 Å². The second kappa shape index (κ2) is 8.19. The molecule has 1 amide bonds. The maximum Gasteiger partial charge on any atom is 0.345 e. The van der Waals surface area contributed by atoms with Crippen LogP contribution in [0, 0.1) is 5.92 Å². The number of hydrogen-bond donors (Lipinski definition) is 0. The number of aryl methyl sites for hydroxylation is 1. The van der Waals surface area contributed by atoms with E-state index in [1.54, 1.807) is 7.05 Å². The average Bonchev–Trinajstić information content (AvgIpc) is 3.43. The van der Waals surface area contributed by atoms with E-state index < -0.39 is 0 Å². The zero-order chi connectivity index (χ0) is 18.8. The van der Waals surface area contributed by atoms with Crippen molar-refractivity contribution in [3.8, 4) is 0 Å². The first-order chi connectivity index (χ1) is 13.1. The van der Waals surface area contributed by atoms with Crippen LogP contribution in [0.2, 0.25) is 0 Å². The number of piperidine rings is 1. The number of hydrogen-bond acceptors (Lipinski definition) is 3. The minimum atomic E-state index is 0.0154. The molecule has 0 N–H and O–H groups in total. The lowest BCUT2D eigenvalue weighted by Gasteiger charge is -2.33. The summed E-state index contributed by atoms with van der Waals surface area (Å²) in [5, 5.41) is 4.61. The normalized spacial score (nSPS) is 24.8. The smallest absolute Gasteiger partial charge is 0.342 e. The molecule has 2 saturated carbocycles. The van der Waals surface area contributed by atoms with Crippen molar-refractivity contribution in [3.05, 3.63) is 16.3 Å². The van der Waals surface area contributed by atoms with Crippen LogP contribution in [0.5, 0.6) is 0 Å². The maximum absolute atomic E-state index is 12.8. The van der Waals surface area contributed by atoms with Crippen LogP contribution in [0.3, 0.4) is 0 Å². The molecule has 1 aliphatic heterocycles. The van der Waals surface area contributed by atoms with Crippen molar-refractivity contribution in [1.82, 2.24) is 19.2 Å². The van der Waals surface area contributed by atoms with Crippen LogP contribution in [0.15, 0.2) is 4.79 Å². The average molecular weight is 375 g/mol. The van der Waals surface area contributed by atoms with Crippen LogP contribution in [-0.4, -0.2) is 38.2 Å². The molecule has 0 radical (unpaired) electrons.